The fourth-order valence-corrected chi connectivity index (χ4v) is 5.05. The van der Waals surface area contributed by atoms with Crippen LogP contribution in [0.5, 0.6) is 6.01 Å². The third-order valence-electron chi connectivity index (χ3n) is 6.70. The lowest BCUT2D eigenvalue weighted by molar-refractivity contribution is -0.121. The monoisotopic (exact) mass is 563 g/mol. The molecular formula is C21H34N5O11P. The molecule has 17 heteroatoms. The van der Waals surface area contributed by atoms with Crippen LogP contribution >= 0.6 is 7.60 Å². The molecule has 214 valence electrons. The number of aliphatic hydroxyl groups excluding tert-OH is 5. The number of nitrogens with zero attached hydrogens (tertiary/aromatic N) is 4. The Labute approximate surface area is 217 Å². The maximum atomic E-state index is 11.8. The third-order valence-corrected chi connectivity index (χ3v) is 8.18. The van der Waals surface area contributed by atoms with E-state index in [1.54, 1.807) is 6.92 Å². The van der Waals surface area contributed by atoms with Crippen LogP contribution in [0.15, 0.2) is 6.20 Å². The fraction of sp³-hybridized carbons (Fsp3) is 0.762. The van der Waals surface area contributed by atoms with Crippen molar-refractivity contribution in [1.82, 2.24) is 19.7 Å². The second kappa shape index (κ2) is 11.6. The minimum atomic E-state index is -5.13. The first kappa shape index (κ1) is 29.0. The Morgan fingerprint density at radius 3 is 2.50 bits per heavy atom. The summed E-state index contributed by atoms with van der Waals surface area (Å²) in [5.41, 5.74) is 0.203. The smallest absolute Gasteiger partial charge is 0.361 e. The largest absolute Gasteiger partial charge is 0.461 e. The van der Waals surface area contributed by atoms with Gasteiger partial charge in [-0.2, -0.15) is 15.1 Å². The first-order valence-electron chi connectivity index (χ1n) is 12.2. The predicted octanol–water partition coefficient (Wildman–Crippen LogP) is -1.57. The van der Waals surface area contributed by atoms with Gasteiger partial charge in [-0.3, -0.25) is 4.57 Å². The summed E-state index contributed by atoms with van der Waals surface area (Å²) >= 11 is 0. The van der Waals surface area contributed by atoms with Crippen molar-refractivity contribution in [3.8, 4) is 6.01 Å². The molecule has 16 nitrogen and oxygen atoms in total. The molecule has 1 aliphatic heterocycles. The van der Waals surface area contributed by atoms with Crippen LogP contribution in [0.4, 0.5) is 5.82 Å². The first-order valence-corrected chi connectivity index (χ1v) is 13.9. The van der Waals surface area contributed by atoms with Crippen LogP contribution in [-0.2, 0) is 14.0 Å². The van der Waals surface area contributed by atoms with Crippen LogP contribution in [0.25, 0.3) is 11.0 Å². The van der Waals surface area contributed by atoms with Crippen molar-refractivity contribution in [3.05, 3.63) is 6.20 Å². The maximum Gasteiger partial charge on any atom is 0.361 e. The van der Waals surface area contributed by atoms with Gasteiger partial charge in [0.15, 0.2) is 11.9 Å². The van der Waals surface area contributed by atoms with Crippen molar-refractivity contribution in [2.75, 3.05) is 31.7 Å². The van der Waals surface area contributed by atoms with E-state index in [0.29, 0.717) is 11.2 Å². The lowest BCUT2D eigenvalue weighted by Gasteiger charge is -2.31. The number of rotatable bonds is 12. The summed E-state index contributed by atoms with van der Waals surface area (Å²) in [5.74, 6) is 0.444. The Morgan fingerprint density at radius 2 is 1.89 bits per heavy atom. The normalized spacial score (nSPS) is 25.8. The minimum absolute atomic E-state index is 0.0501. The molecular weight excluding hydrogens is 529 g/mol. The Hall–Kier alpha value is -1.98. The molecule has 2 aromatic rings. The number of hydrogen-bond donors (Lipinski definition) is 8. The van der Waals surface area contributed by atoms with Gasteiger partial charge >= 0.3 is 13.6 Å². The fourth-order valence-electron chi connectivity index (χ4n) is 4.44. The van der Waals surface area contributed by atoms with Crippen molar-refractivity contribution < 1.29 is 54.1 Å². The molecule has 5 atom stereocenters. The summed E-state index contributed by atoms with van der Waals surface area (Å²) in [5, 5.41) is 55.4. The number of hydrogen-bond acceptors (Lipinski definition) is 13. The second-order valence-electron chi connectivity index (χ2n) is 9.63. The maximum absolute atomic E-state index is 11.8. The third kappa shape index (κ3) is 5.79. The van der Waals surface area contributed by atoms with Gasteiger partial charge in [-0.1, -0.05) is 12.8 Å². The average Bonchev–Trinajstić information content (AvgIpc) is 3.59. The van der Waals surface area contributed by atoms with E-state index in [9.17, 15) is 39.9 Å². The Bertz CT molecular complexity index is 1130. The number of ether oxygens (including phenoxy) is 3. The molecule has 1 saturated heterocycles. The van der Waals surface area contributed by atoms with Gasteiger partial charge < -0.3 is 54.8 Å². The SMILES string of the molecule is C[C@H](O)COc1nc(NC2CCCC2)c2cnn([C@@H]3O[C@H](COC(CO)(CO)P(=O)(O)O)[C@@H](O)[C@H]3O)c2n1. The predicted molar refractivity (Wildman–Crippen MR) is 129 cm³/mol. The number of nitrogens with one attached hydrogen (secondary N) is 1. The minimum Gasteiger partial charge on any atom is -0.461 e. The lowest BCUT2D eigenvalue weighted by atomic mass is 10.1. The number of anilines is 1. The average molecular weight is 564 g/mol. The van der Waals surface area contributed by atoms with Gasteiger partial charge in [-0.25, -0.2) is 4.68 Å². The molecule has 1 aliphatic carbocycles. The van der Waals surface area contributed by atoms with Gasteiger partial charge in [-0.05, 0) is 19.8 Å². The highest BCUT2D eigenvalue weighted by Crippen LogP contribution is 2.51. The number of fused-ring (bicyclic) bond motifs is 1. The molecule has 2 aliphatic rings. The molecule has 0 spiro atoms. The van der Waals surface area contributed by atoms with E-state index in [0.717, 1.165) is 25.7 Å². The molecule has 0 radical (unpaired) electrons. The summed E-state index contributed by atoms with van der Waals surface area (Å²) in [6.07, 6.45) is -0.958. The summed E-state index contributed by atoms with van der Waals surface area (Å²) in [7, 11) is -5.13. The van der Waals surface area contributed by atoms with Crippen LogP contribution in [0, 0.1) is 0 Å². The molecule has 0 aromatic carbocycles. The van der Waals surface area contributed by atoms with Crippen molar-refractivity contribution in [2.24, 2.45) is 0 Å². The van der Waals surface area contributed by atoms with Gasteiger partial charge in [0.2, 0.25) is 5.34 Å². The van der Waals surface area contributed by atoms with E-state index >= 15 is 0 Å². The summed E-state index contributed by atoms with van der Waals surface area (Å²) in [6.45, 7) is -1.60. The molecule has 4 rings (SSSR count). The van der Waals surface area contributed by atoms with E-state index in [-0.39, 0.29) is 24.3 Å². The topological polar surface area (TPSA) is 242 Å². The van der Waals surface area contributed by atoms with E-state index < -0.39 is 63.4 Å². The van der Waals surface area contributed by atoms with E-state index in [1.807, 2.05) is 0 Å². The van der Waals surface area contributed by atoms with Crippen molar-refractivity contribution in [2.45, 2.75) is 74.6 Å². The van der Waals surface area contributed by atoms with E-state index in [4.69, 9.17) is 14.2 Å². The zero-order valence-corrected chi connectivity index (χ0v) is 21.6. The quantitative estimate of drug-likeness (QED) is 0.136. The van der Waals surface area contributed by atoms with E-state index in [2.05, 4.69) is 20.4 Å². The molecule has 3 heterocycles. The summed E-state index contributed by atoms with van der Waals surface area (Å²) in [4.78, 5) is 27.8. The molecule has 2 aromatic heterocycles. The van der Waals surface area contributed by atoms with Gasteiger partial charge in [0.25, 0.3) is 0 Å². The van der Waals surface area contributed by atoms with Crippen LogP contribution in [0.3, 0.4) is 0 Å². The second-order valence-corrected chi connectivity index (χ2v) is 11.5. The molecule has 0 unspecified atom stereocenters. The Morgan fingerprint density at radius 1 is 1.21 bits per heavy atom. The number of aliphatic hydroxyl groups is 5. The zero-order valence-electron chi connectivity index (χ0n) is 20.7. The van der Waals surface area contributed by atoms with Crippen molar-refractivity contribution in [3.63, 3.8) is 0 Å². The number of aromatic nitrogens is 4. The summed E-state index contributed by atoms with van der Waals surface area (Å²) < 4.78 is 29.4. The molecule has 0 amide bonds. The van der Waals surface area contributed by atoms with Gasteiger partial charge in [-0.15, -0.1) is 0 Å². The van der Waals surface area contributed by atoms with Crippen LogP contribution < -0.4 is 10.1 Å². The van der Waals surface area contributed by atoms with Gasteiger partial charge in [0.1, 0.15) is 30.7 Å². The highest BCUT2D eigenvalue weighted by Gasteiger charge is 2.51. The molecule has 38 heavy (non-hydrogen) atoms. The van der Waals surface area contributed by atoms with Crippen molar-refractivity contribution in [1.29, 1.82) is 0 Å². The lowest BCUT2D eigenvalue weighted by Crippen LogP contribution is -2.44. The van der Waals surface area contributed by atoms with Gasteiger partial charge in [0, 0.05) is 6.04 Å². The Balaban J connectivity index is 1.61. The Kier molecular flexibility index (Phi) is 8.88. The van der Waals surface area contributed by atoms with Crippen LogP contribution in [0.1, 0.15) is 38.8 Å². The van der Waals surface area contributed by atoms with Crippen molar-refractivity contribution >= 4 is 24.4 Å². The first-order chi connectivity index (χ1) is 18.0. The van der Waals surface area contributed by atoms with Crippen LogP contribution in [-0.4, -0.2) is 117 Å². The van der Waals surface area contributed by atoms with Gasteiger partial charge in [0.05, 0.1) is 37.5 Å². The summed E-state index contributed by atoms with van der Waals surface area (Å²) in [6, 6.07) is 0.135. The highest BCUT2D eigenvalue weighted by molar-refractivity contribution is 7.53. The highest BCUT2D eigenvalue weighted by atomic mass is 31.2. The molecule has 1 saturated carbocycles. The molecule has 2 fully saturated rings. The zero-order chi connectivity index (χ0) is 27.7. The molecule has 0 bridgehead atoms. The molecule has 8 N–H and O–H groups in total. The standard InChI is InChI=1S/C21H34N5O11P/c1-11(29)7-35-20-24-17(23-12-4-2-3-5-12)13-6-22-26(18(13)25-20)19-16(31)15(30)14(37-19)8-36-21(9-27,10-28)38(32,33)34/h6,11-12,14-16,19,27-31H,2-5,7-10H2,1H3,(H,23,24,25)(H2,32,33,34)/t11-,14+,15+,16+,19+/m0/s1. The van der Waals surface area contributed by atoms with Crippen LogP contribution in [0.2, 0.25) is 0 Å². The van der Waals surface area contributed by atoms with E-state index in [1.165, 1.54) is 10.9 Å².